The topological polar surface area (TPSA) is 35.5 Å². The molecule has 2 aromatic rings. The van der Waals surface area contributed by atoms with Gasteiger partial charge in [-0.3, -0.25) is 4.79 Å². The van der Waals surface area contributed by atoms with Gasteiger partial charge in [-0.05, 0) is 24.5 Å². The summed E-state index contributed by atoms with van der Waals surface area (Å²) in [5, 5.41) is 0. The number of rotatable bonds is 9. The van der Waals surface area contributed by atoms with Crippen molar-refractivity contribution in [3.05, 3.63) is 83.9 Å². The molecule has 0 heterocycles. The van der Waals surface area contributed by atoms with Crippen molar-refractivity contribution in [3.63, 3.8) is 0 Å². The van der Waals surface area contributed by atoms with Gasteiger partial charge in [0.15, 0.2) is 0 Å². The highest BCUT2D eigenvalue weighted by molar-refractivity contribution is 5.66. The minimum atomic E-state index is -0.262. The number of carbonyl (C=O) groups excluding carboxylic acids is 1. The average Bonchev–Trinajstić information content (AvgIpc) is 2.64. The Morgan fingerprint density at radius 1 is 0.960 bits per heavy atom. The first kappa shape index (κ1) is 18.9. The Morgan fingerprint density at radius 2 is 1.56 bits per heavy atom. The summed E-state index contributed by atoms with van der Waals surface area (Å²) in [6, 6.07) is 20.0. The number of ether oxygens (including phenoxy) is 2. The molecule has 2 atom stereocenters. The molecular formula is C22H26O3. The van der Waals surface area contributed by atoms with Gasteiger partial charge in [0.05, 0.1) is 12.7 Å². The zero-order valence-corrected chi connectivity index (χ0v) is 14.9. The van der Waals surface area contributed by atoms with E-state index in [0.717, 1.165) is 12.0 Å². The molecule has 0 saturated heterocycles. The lowest BCUT2D eigenvalue weighted by atomic mass is 10.1. The summed E-state index contributed by atoms with van der Waals surface area (Å²) < 4.78 is 11.3. The van der Waals surface area contributed by atoms with Crippen LogP contribution in [0.1, 0.15) is 43.9 Å². The van der Waals surface area contributed by atoms with Crippen molar-refractivity contribution in [2.24, 2.45) is 0 Å². The lowest BCUT2D eigenvalue weighted by molar-refractivity contribution is -0.146. The Kier molecular flexibility index (Phi) is 7.93. The van der Waals surface area contributed by atoms with Crippen LogP contribution in [-0.4, -0.2) is 12.1 Å². The molecule has 0 unspecified atom stereocenters. The van der Waals surface area contributed by atoms with Crippen LogP contribution in [0.3, 0.4) is 0 Å². The van der Waals surface area contributed by atoms with Crippen molar-refractivity contribution < 1.29 is 14.3 Å². The number of carbonyl (C=O) groups is 1. The SMILES string of the molecule is CC(=O)O[C@H](C/C=C\C[C@@H](C)OCc1ccccc1)c1ccccc1. The molecule has 132 valence electrons. The van der Waals surface area contributed by atoms with Crippen molar-refractivity contribution >= 4 is 5.97 Å². The van der Waals surface area contributed by atoms with E-state index in [9.17, 15) is 4.79 Å². The molecule has 3 nitrogen and oxygen atoms in total. The Hall–Kier alpha value is -2.39. The van der Waals surface area contributed by atoms with Crippen molar-refractivity contribution in [3.8, 4) is 0 Å². The van der Waals surface area contributed by atoms with Gasteiger partial charge in [0.2, 0.25) is 0 Å². The highest BCUT2D eigenvalue weighted by Crippen LogP contribution is 2.22. The van der Waals surface area contributed by atoms with Crippen molar-refractivity contribution in [2.75, 3.05) is 0 Å². The third kappa shape index (κ3) is 7.36. The van der Waals surface area contributed by atoms with Crippen LogP contribution in [0.25, 0.3) is 0 Å². The second kappa shape index (κ2) is 10.5. The van der Waals surface area contributed by atoms with Gasteiger partial charge in [-0.2, -0.15) is 0 Å². The largest absolute Gasteiger partial charge is 0.457 e. The minimum Gasteiger partial charge on any atom is -0.457 e. The fourth-order valence-corrected chi connectivity index (χ4v) is 2.51. The zero-order chi connectivity index (χ0) is 17.9. The van der Waals surface area contributed by atoms with E-state index in [1.807, 2.05) is 48.5 Å². The van der Waals surface area contributed by atoms with Gasteiger partial charge in [-0.25, -0.2) is 0 Å². The second-order valence-electron chi connectivity index (χ2n) is 6.06. The molecule has 0 aliphatic heterocycles. The second-order valence-corrected chi connectivity index (χ2v) is 6.06. The normalized spacial score (nSPS) is 13.5. The Bertz CT molecular complexity index is 649. The van der Waals surface area contributed by atoms with Gasteiger partial charge >= 0.3 is 5.97 Å². The van der Waals surface area contributed by atoms with Crippen LogP contribution in [0.2, 0.25) is 0 Å². The Balaban J connectivity index is 1.78. The molecule has 0 saturated carbocycles. The van der Waals surface area contributed by atoms with Gasteiger partial charge in [0, 0.05) is 13.3 Å². The molecule has 0 spiro atoms. The molecule has 25 heavy (non-hydrogen) atoms. The van der Waals surface area contributed by atoms with Gasteiger partial charge in [0.25, 0.3) is 0 Å². The lowest BCUT2D eigenvalue weighted by Crippen LogP contribution is -2.08. The number of hydrogen-bond donors (Lipinski definition) is 0. The third-order valence-electron chi connectivity index (χ3n) is 3.84. The highest BCUT2D eigenvalue weighted by Gasteiger charge is 2.12. The van der Waals surface area contributed by atoms with Crippen LogP contribution >= 0.6 is 0 Å². The highest BCUT2D eigenvalue weighted by atomic mass is 16.5. The van der Waals surface area contributed by atoms with E-state index >= 15 is 0 Å². The van der Waals surface area contributed by atoms with Crippen molar-refractivity contribution in [1.29, 1.82) is 0 Å². The summed E-state index contributed by atoms with van der Waals surface area (Å²) in [5.41, 5.74) is 2.19. The van der Waals surface area contributed by atoms with Gasteiger partial charge in [-0.15, -0.1) is 0 Å². The quantitative estimate of drug-likeness (QED) is 0.464. The third-order valence-corrected chi connectivity index (χ3v) is 3.84. The average molecular weight is 338 g/mol. The van der Waals surface area contributed by atoms with Crippen LogP contribution in [0, 0.1) is 0 Å². The summed E-state index contributed by atoms with van der Waals surface area (Å²) in [5.74, 6) is -0.262. The first-order valence-electron chi connectivity index (χ1n) is 8.68. The van der Waals surface area contributed by atoms with E-state index in [1.165, 1.54) is 12.5 Å². The smallest absolute Gasteiger partial charge is 0.303 e. The monoisotopic (exact) mass is 338 g/mol. The van der Waals surface area contributed by atoms with Crippen molar-refractivity contribution in [1.82, 2.24) is 0 Å². The molecule has 0 N–H and O–H groups in total. The summed E-state index contributed by atoms with van der Waals surface area (Å²) in [4.78, 5) is 11.3. The van der Waals surface area contributed by atoms with E-state index in [0.29, 0.717) is 13.0 Å². The van der Waals surface area contributed by atoms with E-state index in [1.54, 1.807) is 0 Å². The standard InChI is InChI=1S/C22H26O3/c1-18(24-17-20-12-5-3-6-13-20)11-9-10-16-22(25-19(2)23)21-14-7-4-8-15-21/h3-10,12-15,18,22H,11,16-17H2,1-2H3/b10-9-/t18-,22-/m1/s1. The predicted molar refractivity (Wildman–Crippen MR) is 100 cm³/mol. The van der Waals surface area contributed by atoms with E-state index in [2.05, 4.69) is 31.2 Å². The molecule has 2 aromatic carbocycles. The van der Waals surface area contributed by atoms with Crippen LogP contribution in [0.4, 0.5) is 0 Å². The fraction of sp³-hybridized carbons (Fsp3) is 0.318. The van der Waals surface area contributed by atoms with Crippen LogP contribution in [-0.2, 0) is 20.9 Å². The molecular weight excluding hydrogens is 312 g/mol. The number of esters is 1. The van der Waals surface area contributed by atoms with Gasteiger partial charge in [0.1, 0.15) is 6.10 Å². The van der Waals surface area contributed by atoms with Crippen LogP contribution in [0.5, 0.6) is 0 Å². The molecule has 0 bridgehead atoms. The van der Waals surface area contributed by atoms with E-state index < -0.39 is 0 Å². The van der Waals surface area contributed by atoms with Crippen LogP contribution in [0.15, 0.2) is 72.8 Å². The summed E-state index contributed by atoms with van der Waals surface area (Å²) in [6.07, 6.45) is 5.54. The van der Waals surface area contributed by atoms with Gasteiger partial charge in [-0.1, -0.05) is 72.8 Å². The number of benzene rings is 2. The molecule has 0 aliphatic carbocycles. The fourth-order valence-electron chi connectivity index (χ4n) is 2.51. The molecule has 0 aromatic heterocycles. The zero-order valence-electron chi connectivity index (χ0n) is 14.9. The maximum atomic E-state index is 11.3. The summed E-state index contributed by atoms with van der Waals surface area (Å²) in [7, 11) is 0. The molecule has 3 heteroatoms. The Morgan fingerprint density at radius 3 is 2.20 bits per heavy atom. The minimum absolute atomic E-state index is 0.139. The predicted octanol–water partition coefficient (Wildman–Crippen LogP) is 5.23. The lowest BCUT2D eigenvalue weighted by Gasteiger charge is -2.16. The maximum absolute atomic E-state index is 11.3. The maximum Gasteiger partial charge on any atom is 0.303 e. The van der Waals surface area contributed by atoms with Gasteiger partial charge < -0.3 is 9.47 Å². The first-order valence-corrected chi connectivity index (χ1v) is 8.68. The summed E-state index contributed by atoms with van der Waals surface area (Å²) in [6.45, 7) is 4.13. The molecule has 0 fully saturated rings. The Labute approximate surface area is 150 Å². The molecule has 0 radical (unpaired) electrons. The first-order chi connectivity index (χ1) is 12.1. The van der Waals surface area contributed by atoms with Crippen LogP contribution < -0.4 is 0 Å². The molecule has 2 rings (SSSR count). The van der Waals surface area contributed by atoms with E-state index in [4.69, 9.17) is 9.47 Å². The number of hydrogen-bond acceptors (Lipinski definition) is 3. The molecule has 0 amide bonds. The van der Waals surface area contributed by atoms with E-state index in [-0.39, 0.29) is 18.2 Å². The summed E-state index contributed by atoms with van der Waals surface area (Å²) >= 11 is 0. The molecule has 0 aliphatic rings. The van der Waals surface area contributed by atoms with Crippen molar-refractivity contribution in [2.45, 2.75) is 45.5 Å².